The molecule has 0 bridgehead atoms. The third kappa shape index (κ3) is 1.92. The lowest BCUT2D eigenvalue weighted by molar-refractivity contribution is 0.392. The van der Waals surface area contributed by atoms with Crippen molar-refractivity contribution in [3.63, 3.8) is 0 Å². The molecule has 1 aromatic heterocycles. The molecule has 0 aromatic carbocycles. The van der Waals surface area contributed by atoms with Gasteiger partial charge in [0.05, 0.1) is 12.2 Å². The molecule has 4 nitrogen and oxygen atoms in total. The Morgan fingerprint density at radius 1 is 1.50 bits per heavy atom. The lowest BCUT2D eigenvalue weighted by atomic mass is 10.2. The van der Waals surface area contributed by atoms with Gasteiger partial charge in [-0.05, 0) is 13.8 Å². The summed E-state index contributed by atoms with van der Waals surface area (Å²) in [6.07, 6.45) is 0. The summed E-state index contributed by atoms with van der Waals surface area (Å²) in [4.78, 5) is 4.31. The van der Waals surface area contributed by atoms with Gasteiger partial charge >= 0.3 is 0 Å². The number of aromatic nitrogens is 1. The highest BCUT2D eigenvalue weighted by molar-refractivity contribution is 8.13. The molecule has 14 heavy (non-hydrogen) atoms. The van der Waals surface area contributed by atoms with E-state index in [4.69, 9.17) is 4.52 Å². The van der Waals surface area contributed by atoms with Crippen LogP contribution in [-0.4, -0.2) is 23.4 Å². The average Bonchev–Trinajstić information content (AvgIpc) is 2.76. The second kappa shape index (κ2) is 4.04. The summed E-state index contributed by atoms with van der Waals surface area (Å²) in [6, 6.07) is 0. The van der Waals surface area contributed by atoms with Crippen molar-refractivity contribution in [3.8, 4) is 0 Å². The first-order valence-corrected chi connectivity index (χ1v) is 5.59. The average molecular weight is 211 g/mol. The van der Waals surface area contributed by atoms with Crippen LogP contribution in [0, 0.1) is 13.8 Å². The Labute approximate surface area is 87.1 Å². The summed E-state index contributed by atoms with van der Waals surface area (Å²) < 4.78 is 5.09. The predicted molar refractivity (Wildman–Crippen MR) is 57.6 cm³/mol. The second-order valence-electron chi connectivity index (χ2n) is 3.21. The fourth-order valence-corrected chi connectivity index (χ4v) is 2.40. The van der Waals surface area contributed by atoms with Gasteiger partial charge in [0.2, 0.25) is 0 Å². The molecule has 0 aliphatic carbocycles. The molecule has 1 N–H and O–H groups in total. The highest BCUT2D eigenvalue weighted by Gasteiger charge is 2.11. The van der Waals surface area contributed by atoms with Gasteiger partial charge in [0, 0.05) is 17.9 Å². The van der Waals surface area contributed by atoms with Crippen LogP contribution < -0.4 is 5.32 Å². The van der Waals surface area contributed by atoms with E-state index in [1.54, 1.807) is 11.8 Å². The minimum Gasteiger partial charge on any atom is -0.363 e. The molecule has 5 heteroatoms. The predicted octanol–water partition coefficient (Wildman–Crippen LogP) is 1.48. The number of aliphatic imine (C=N–C) groups is 1. The molecule has 0 spiro atoms. The van der Waals surface area contributed by atoms with Crippen molar-refractivity contribution < 1.29 is 4.52 Å². The van der Waals surface area contributed by atoms with Gasteiger partial charge in [-0.2, -0.15) is 0 Å². The molecule has 0 amide bonds. The Kier molecular flexibility index (Phi) is 2.77. The molecule has 76 valence electrons. The SMILES string of the molecule is Cc1noc(C)c1CSC1=NCCN1. The maximum absolute atomic E-state index is 5.09. The molecular weight excluding hydrogens is 198 g/mol. The van der Waals surface area contributed by atoms with Crippen LogP contribution in [0.25, 0.3) is 0 Å². The smallest absolute Gasteiger partial charge is 0.157 e. The van der Waals surface area contributed by atoms with E-state index in [-0.39, 0.29) is 0 Å². The minimum absolute atomic E-state index is 0.882. The molecule has 0 fully saturated rings. The van der Waals surface area contributed by atoms with E-state index in [9.17, 15) is 0 Å². The Morgan fingerprint density at radius 2 is 2.36 bits per heavy atom. The standard InChI is InChI=1S/C9H13N3OS/c1-6-8(7(2)13-12-6)5-14-9-10-3-4-11-9/h3-5H2,1-2H3,(H,10,11). The van der Waals surface area contributed by atoms with Gasteiger partial charge in [0.25, 0.3) is 0 Å². The van der Waals surface area contributed by atoms with E-state index in [0.717, 1.165) is 35.5 Å². The molecule has 0 saturated heterocycles. The number of hydrogen-bond acceptors (Lipinski definition) is 5. The van der Waals surface area contributed by atoms with Gasteiger partial charge in [-0.1, -0.05) is 16.9 Å². The fraction of sp³-hybridized carbons (Fsp3) is 0.556. The van der Waals surface area contributed by atoms with Gasteiger partial charge in [-0.15, -0.1) is 0 Å². The van der Waals surface area contributed by atoms with Crippen molar-refractivity contribution in [1.82, 2.24) is 10.5 Å². The van der Waals surface area contributed by atoms with Crippen molar-refractivity contribution in [1.29, 1.82) is 0 Å². The van der Waals surface area contributed by atoms with E-state index in [2.05, 4.69) is 15.5 Å². The Balaban J connectivity index is 1.97. The van der Waals surface area contributed by atoms with E-state index in [0.29, 0.717) is 0 Å². The zero-order valence-electron chi connectivity index (χ0n) is 8.33. The monoisotopic (exact) mass is 211 g/mol. The normalized spacial score (nSPS) is 15.4. The van der Waals surface area contributed by atoms with E-state index in [1.165, 1.54) is 5.56 Å². The summed E-state index contributed by atoms with van der Waals surface area (Å²) in [5.41, 5.74) is 2.17. The van der Waals surface area contributed by atoms with Crippen molar-refractivity contribution in [2.24, 2.45) is 4.99 Å². The number of thioether (sulfide) groups is 1. The largest absolute Gasteiger partial charge is 0.363 e. The second-order valence-corrected chi connectivity index (χ2v) is 4.17. The first-order chi connectivity index (χ1) is 6.77. The molecule has 1 aromatic rings. The van der Waals surface area contributed by atoms with Gasteiger partial charge in [-0.25, -0.2) is 0 Å². The molecular formula is C9H13N3OS. The van der Waals surface area contributed by atoms with E-state index < -0.39 is 0 Å². The summed E-state index contributed by atoms with van der Waals surface area (Å²) in [5, 5.41) is 8.17. The maximum atomic E-state index is 5.09. The van der Waals surface area contributed by atoms with Crippen molar-refractivity contribution in [3.05, 3.63) is 17.0 Å². The van der Waals surface area contributed by atoms with Crippen LogP contribution in [0.1, 0.15) is 17.0 Å². The number of aryl methyl sites for hydroxylation is 2. The van der Waals surface area contributed by atoms with Crippen molar-refractivity contribution in [2.75, 3.05) is 13.1 Å². The minimum atomic E-state index is 0.882. The summed E-state index contributed by atoms with van der Waals surface area (Å²) >= 11 is 1.71. The Bertz CT molecular complexity index is 339. The van der Waals surface area contributed by atoms with Crippen LogP contribution in [0.3, 0.4) is 0 Å². The molecule has 0 saturated carbocycles. The van der Waals surface area contributed by atoms with Crippen LogP contribution in [-0.2, 0) is 5.75 Å². The van der Waals surface area contributed by atoms with E-state index in [1.807, 2.05) is 13.8 Å². The summed E-state index contributed by atoms with van der Waals surface area (Å²) in [5.74, 6) is 1.79. The first kappa shape index (κ1) is 9.58. The van der Waals surface area contributed by atoms with E-state index >= 15 is 0 Å². The van der Waals surface area contributed by atoms with Crippen LogP contribution >= 0.6 is 11.8 Å². The number of nitrogens with one attached hydrogen (secondary N) is 1. The maximum Gasteiger partial charge on any atom is 0.157 e. The topological polar surface area (TPSA) is 50.4 Å². The third-order valence-electron chi connectivity index (χ3n) is 2.18. The van der Waals surface area contributed by atoms with Crippen LogP contribution in [0.4, 0.5) is 0 Å². The fourth-order valence-electron chi connectivity index (χ4n) is 1.32. The summed E-state index contributed by atoms with van der Waals surface area (Å²) in [7, 11) is 0. The molecule has 0 radical (unpaired) electrons. The lowest BCUT2D eigenvalue weighted by Gasteiger charge is -2.00. The van der Waals surface area contributed by atoms with Crippen LogP contribution in [0.2, 0.25) is 0 Å². The molecule has 2 heterocycles. The molecule has 2 rings (SSSR count). The number of amidine groups is 1. The Hall–Kier alpha value is -0.970. The number of hydrogen-bond donors (Lipinski definition) is 1. The third-order valence-corrected chi connectivity index (χ3v) is 3.16. The van der Waals surface area contributed by atoms with Gasteiger partial charge in [-0.3, -0.25) is 4.99 Å². The van der Waals surface area contributed by atoms with Crippen LogP contribution in [0.15, 0.2) is 9.52 Å². The molecule has 1 aliphatic heterocycles. The first-order valence-electron chi connectivity index (χ1n) is 4.60. The number of rotatable bonds is 2. The molecule has 1 aliphatic rings. The zero-order valence-corrected chi connectivity index (χ0v) is 9.15. The quantitative estimate of drug-likeness (QED) is 0.805. The highest BCUT2D eigenvalue weighted by atomic mass is 32.2. The molecule has 0 atom stereocenters. The van der Waals surface area contributed by atoms with Gasteiger partial charge < -0.3 is 9.84 Å². The van der Waals surface area contributed by atoms with Gasteiger partial charge in [0.15, 0.2) is 5.17 Å². The van der Waals surface area contributed by atoms with Crippen molar-refractivity contribution in [2.45, 2.75) is 19.6 Å². The lowest BCUT2D eigenvalue weighted by Crippen LogP contribution is -2.15. The Morgan fingerprint density at radius 3 is 2.93 bits per heavy atom. The zero-order chi connectivity index (χ0) is 9.97. The molecule has 0 unspecified atom stereocenters. The summed E-state index contributed by atoms with van der Waals surface area (Å²) in [6.45, 7) is 5.77. The van der Waals surface area contributed by atoms with Crippen molar-refractivity contribution >= 4 is 16.9 Å². The highest BCUT2D eigenvalue weighted by Crippen LogP contribution is 2.20. The number of nitrogens with zero attached hydrogens (tertiary/aromatic N) is 2. The van der Waals surface area contributed by atoms with Gasteiger partial charge in [0.1, 0.15) is 5.76 Å². The van der Waals surface area contributed by atoms with Crippen LogP contribution in [0.5, 0.6) is 0 Å².